The van der Waals surface area contributed by atoms with E-state index in [-0.39, 0.29) is 17.4 Å². The average Bonchev–Trinajstić information content (AvgIpc) is 2.71. The predicted octanol–water partition coefficient (Wildman–Crippen LogP) is 5.91. The number of anilines is 1. The summed E-state index contributed by atoms with van der Waals surface area (Å²) in [5.74, 6) is 1.48. The first-order valence-electron chi connectivity index (χ1n) is 11.5. The minimum absolute atomic E-state index is 0.112. The molecule has 2 aromatic heterocycles. The molecule has 3 aliphatic carbocycles. The highest BCUT2D eigenvalue weighted by atomic mass is 16.3. The van der Waals surface area contributed by atoms with Crippen molar-refractivity contribution in [2.45, 2.75) is 72.8 Å². The second-order valence-electron chi connectivity index (χ2n) is 8.59. The molecular formula is C26H35N3O2. The van der Waals surface area contributed by atoms with Gasteiger partial charge in [0, 0.05) is 23.2 Å². The summed E-state index contributed by atoms with van der Waals surface area (Å²) in [5.41, 5.74) is 2.92. The van der Waals surface area contributed by atoms with Crippen molar-refractivity contribution in [2.24, 2.45) is 11.3 Å². The summed E-state index contributed by atoms with van der Waals surface area (Å²) in [6.07, 6.45) is 11.9. The van der Waals surface area contributed by atoms with Gasteiger partial charge in [0.25, 0.3) is 0 Å². The summed E-state index contributed by atoms with van der Waals surface area (Å²) in [6.45, 7) is 10.0. The third-order valence-electron chi connectivity index (χ3n) is 6.52. The van der Waals surface area contributed by atoms with E-state index in [1.165, 1.54) is 0 Å². The van der Waals surface area contributed by atoms with Crippen molar-refractivity contribution in [3.8, 4) is 0 Å². The zero-order valence-corrected chi connectivity index (χ0v) is 19.4. The zero-order valence-electron chi connectivity index (χ0n) is 19.4. The second-order valence-corrected chi connectivity index (χ2v) is 8.59. The van der Waals surface area contributed by atoms with Crippen LogP contribution in [-0.2, 0) is 4.79 Å². The first-order chi connectivity index (χ1) is 14.9. The molecule has 5 rings (SSSR count). The van der Waals surface area contributed by atoms with Crippen LogP contribution in [0.15, 0.2) is 42.3 Å². The highest BCUT2D eigenvalue weighted by Crippen LogP contribution is 2.64. The highest BCUT2D eigenvalue weighted by molar-refractivity contribution is 5.98. The highest BCUT2D eigenvalue weighted by Gasteiger charge is 2.61. The number of carbonyl (C=O) groups excluding carboxylic acids is 1. The van der Waals surface area contributed by atoms with Crippen molar-refractivity contribution in [3.63, 3.8) is 0 Å². The molecule has 166 valence electrons. The van der Waals surface area contributed by atoms with Crippen LogP contribution in [0.2, 0.25) is 0 Å². The fraction of sp³-hybridized carbons (Fsp3) is 0.500. The Hall–Kier alpha value is -2.53. The van der Waals surface area contributed by atoms with E-state index in [1.54, 1.807) is 6.20 Å². The number of pyridine rings is 2. The molecular weight excluding hydrogens is 386 g/mol. The van der Waals surface area contributed by atoms with E-state index in [2.05, 4.69) is 21.4 Å². The number of carbonyl (C=O) groups is 1. The molecule has 3 fully saturated rings. The van der Waals surface area contributed by atoms with Gasteiger partial charge in [-0.3, -0.25) is 9.78 Å². The van der Waals surface area contributed by atoms with Crippen molar-refractivity contribution >= 4 is 28.1 Å². The minimum atomic E-state index is -0.309. The number of hydrogen-bond donors (Lipinski definition) is 2. The van der Waals surface area contributed by atoms with E-state index in [1.807, 2.05) is 59.0 Å². The Balaban J connectivity index is 0.00000132. The SMILES string of the molecule is C/C=C(\C(C)=C/CC(O)CC)c1cc2cnc(NC(=O)C34CC(C3)C4)cc2cn1.CC. The Kier molecular flexibility index (Phi) is 7.26. The Bertz CT molecular complexity index is 992. The van der Waals surface area contributed by atoms with Crippen LogP contribution in [0, 0.1) is 11.3 Å². The molecule has 1 unspecified atom stereocenters. The molecule has 2 heterocycles. The van der Waals surface area contributed by atoms with E-state index in [4.69, 9.17) is 0 Å². The van der Waals surface area contributed by atoms with Crippen molar-refractivity contribution in [3.05, 3.63) is 47.9 Å². The number of amides is 1. The molecule has 2 aromatic rings. The lowest BCUT2D eigenvalue weighted by molar-refractivity contribution is -0.158. The molecule has 2 bridgehead atoms. The van der Waals surface area contributed by atoms with Crippen molar-refractivity contribution < 1.29 is 9.90 Å². The Morgan fingerprint density at radius 3 is 2.45 bits per heavy atom. The van der Waals surface area contributed by atoms with Crippen LogP contribution in [0.3, 0.4) is 0 Å². The first-order valence-corrected chi connectivity index (χ1v) is 11.5. The molecule has 0 spiro atoms. The maximum absolute atomic E-state index is 12.5. The monoisotopic (exact) mass is 421 g/mol. The topological polar surface area (TPSA) is 75.1 Å². The van der Waals surface area contributed by atoms with Crippen LogP contribution in [0.5, 0.6) is 0 Å². The van der Waals surface area contributed by atoms with Crippen molar-refractivity contribution in [1.82, 2.24) is 9.97 Å². The summed E-state index contributed by atoms with van der Waals surface area (Å²) in [7, 11) is 0. The van der Waals surface area contributed by atoms with Gasteiger partial charge in [0.2, 0.25) is 5.91 Å². The molecule has 0 saturated heterocycles. The standard InChI is InChI=1S/C24H29N3O2.C2H6/c1-4-19(28)7-6-15(3)20(5-2)21-8-17-14-26-22(9-18(17)13-25-21)27-23(29)24-10-16(11-24)12-24;1-2/h5-6,8-9,13-14,16,19,28H,4,7,10-12H2,1-3H3,(H,26,27,29);1-2H3/b15-6-,20-5+;. The maximum Gasteiger partial charge on any atom is 0.231 e. The van der Waals surface area contributed by atoms with Gasteiger partial charge in [0.1, 0.15) is 5.82 Å². The molecule has 0 aromatic carbocycles. The van der Waals surface area contributed by atoms with E-state index >= 15 is 0 Å². The molecule has 1 amide bonds. The number of aromatic nitrogens is 2. The quantitative estimate of drug-likeness (QED) is 0.545. The lowest BCUT2D eigenvalue weighted by Gasteiger charge is -2.59. The van der Waals surface area contributed by atoms with Gasteiger partial charge in [-0.15, -0.1) is 0 Å². The van der Waals surface area contributed by atoms with Gasteiger partial charge < -0.3 is 10.4 Å². The van der Waals surface area contributed by atoms with Gasteiger partial charge in [0.15, 0.2) is 0 Å². The number of fused-ring (bicyclic) bond motifs is 1. The van der Waals surface area contributed by atoms with Gasteiger partial charge in [-0.05, 0) is 75.1 Å². The fourth-order valence-corrected chi connectivity index (χ4v) is 4.43. The van der Waals surface area contributed by atoms with Gasteiger partial charge in [0.05, 0.1) is 17.2 Å². The first kappa shape index (κ1) is 23.1. The Morgan fingerprint density at radius 1 is 1.23 bits per heavy atom. The fourth-order valence-electron chi connectivity index (χ4n) is 4.43. The lowest BCUT2D eigenvalue weighted by Crippen LogP contribution is -2.58. The number of rotatable bonds is 7. The molecule has 2 N–H and O–H groups in total. The summed E-state index contributed by atoms with van der Waals surface area (Å²) < 4.78 is 0. The van der Waals surface area contributed by atoms with E-state index in [9.17, 15) is 9.90 Å². The number of hydrogen-bond acceptors (Lipinski definition) is 4. The zero-order chi connectivity index (χ0) is 22.6. The van der Waals surface area contributed by atoms with Crippen LogP contribution >= 0.6 is 0 Å². The third-order valence-corrected chi connectivity index (χ3v) is 6.52. The third kappa shape index (κ3) is 4.72. The Morgan fingerprint density at radius 2 is 1.87 bits per heavy atom. The van der Waals surface area contributed by atoms with Gasteiger partial charge in [-0.1, -0.05) is 32.9 Å². The van der Waals surface area contributed by atoms with Crippen LogP contribution in [0.4, 0.5) is 5.82 Å². The lowest BCUT2D eigenvalue weighted by atomic mass is 9.44. The van der Waals surface area contributed by atoms with Crippen LogP contribution in [0.1, 0.15) is 72.4 Å². The van der Waals surface area contributed by atoms with Crippen molar-refractivity contribution in [2.75, 3.05) is 5.32 Å². The van der Waals surface area contributed by atoms with Crippen LogP contribution < -0.4 is 5.32 Å². The largest absolute Gasteiger partial charge is 0.393 e. The van der Waals surface area contributed by atoms with Crippen LogP contribution in [0.25, 0.3) is 16.3 Å². The predicted molar refractivity (Wildman–Crippen MR) is 128 cm³/mol. The summed E-state index contributed by atoms with van der Waals surface area (Å²) in [4.78, 5) is 21.6. The second kappa shape index (κ2) is 9.73. The van der Waals surface area contributed by atoms with E-state index < -0.39 is 0 Å². The summed E-state index contributed by atoms with van der Waals surface area (Å²) in [5, 5.41) is 14.7. The minimum Gasteiger partial charge on any atom is -0.393 e. The summed E-state index contributed by atoms with van der Waals surface area (Å²) in [6, 6.07) is 3.92. The number of allylic oxidation sites excluding steroid dienone is 3. The molecule has 1 atom stereocenters. The molecule has 31 heavy (non-hydrogen) atoms. The number of nitrogens with zero attached hydrogens (tertiary/aromatic N) is 2. The smallest absolute Gasteiger partial charge is 0.231 e. The number of aliphatic hydroxyl groups excluding tert-OH is 1. The van der Waals surface area contributed by atoms with E-state index in [0.717, 1.165) is 59.2 Å². The normalized spacial score (nSPS) is 23.2. The van der Waals surface area contributed by atoms with Gasteiger partial charge in [-0.25, -0.2) is 4.98 Å². The molecule has 0 aliphatic heterocycles. The number of nitrogens with one attached hydrogen (secondary N) is 1. The van der Waals surface area contributed by atoms with E-state index in [0.29, 0.717) is 12.2 Å². The maximum atomic E-state index is 12.5. The Labute approximate surface area is 185 Å². The summed E-state index contributed by atoms with van der Waals surface area (Å²) >= 11 is 0. The molecule has 0 radical (unpaired) electrons. The van der Waals surface area contributed by atoms with Crippen molar-refractivity contribution in [1.29, 1.82) is 0 Å². The van der Waals surface area contributed by atoms with Crippen LogP contribution in [-0.4, -0.2) is 27.1 Å². The average molecular weight is 422 g/mol. The molecule has 3 aliphatic rings. The molecule has 5 nitrogen and oxygen atoms in total. The van der Waals surface area contributed by atoms with Gasteiger partial charge >= 0.3 is 0 Å². The molecule has 3 saturated carbocycles. The number of aliphatic hydroxyl groups is 1. The molecule has 5 heteroatoms. The van der Waals surface area contributed by atoms with Gasteiger partial charge in [-0.2, -0.15) is 0 Å².